The van der Waals surface area contributed by atoms with Crippen LogP contribution in [-0.2, 0) is 11.2 Å². The van der Waals surface area contributed by atoms with Crippen molar-refractivity contribution >= 4 is 5.91 Å². The van der Waals surface area contributed by atoms with E-state index in [2.05, 4.69) is 5.32 Å². The molecule has 0 bridgehead atoms. The van der Waals surface area contributed by atoms with Crippen LogP contribution in [0.15, 0.2) is 30.3 Å². The van der Waals surface area contributed by atoms with E-state index in [0.717, 1.165) is 24.8 Å². The predicted molar refractivity (Wildman–Crippen MR) is 74.5 cm³/mol. The fourth-order valence-electron chi connectivity index (χ4n) is 2.68. The molecule has 1 aromatic rings. The van der Waals surface area contributed by atoms with Crippen LogP contribution in [-0.4, -0.2) is 29.7 Å². The normalized spacial score (nSPS) is 24.1. The van der Waals surface area contributed by atoms with Gasteiger partial charge < -0.3 is 16.2 Å². The van der Waals surface area contributed by atoms with Crippen LogP contribution in [0, 0.1) is 5.92 Å². The van der Waals surface area contributed by atoms with Gasteiger partial charge in [0.2, 0.25) is 5.91 Å². The number of amides is 1. The molecule has 1 amide bonds. The summed E-state index contributed by atoms with van der Waals surface area (Å²) in [6, 6.07) is 9.59. The highest BCUT2D eigenvalue weighted by atomic mass is 16.3. The minimum Gasteiger partial charge on any atom is -0.394 e. The van der Waals surface area contributed by atoms with Crippen molar-refractivity contribution in [1.29, 1.82) is 0 Å². The third-order valence-electron chi connectivity index (χ3n) is 3.80. The molecule has 0 heterocycles. The van der Waals surface area contributed by atoms with Gasteiger partial charge >= 0.3 is 0 Å². The summed E-state index contributed by atoms with van der Waals surface area (Å²) >= 11 is 0. The summed E-state index contributed by atoms with van der Waals surface area (Å²) in [7, 11) is 0. The Morgan fingerprint density at radius 2 is 2.11 bits per heavy atom. The number of carbonyl (C=O) groups is 1. The molecule has 4 heteroatoms. The fraction of sp³-hybridized carbons (Fsp3) is 0.533. The van der Waals surface area contributed by atoms with Crippen LogP contribution >= 0.6 is 0 Å². The lowest BCUT2D eigenvalue weighted by Crippen LogP contribution is -2.45. The zero-order chi connectivity index (χ0) is 13.7. The quantitative estimate of drug-likeness (QED) is 0.736. The van der Waals surface area contributed by atoms with Crippen LogP contribution < -0.4 is 11.1 Å². The second-order valence-corrected chi connectivity index (χ2v) is 5.28. The monoisotopic (exact) mass is 262 g/mol. The van der Waals surface area contributed by atoms with E-state index in [1.165, 1.54) is 0 Å². The molecule has 1 fully saturated rings. The van der Waals surface area contributed by atoms with Crippen molar-refractivity contribution < 1.29 is 9.90 Å². The van der Waals surface area contributed by atoms with Crippen LogP contribution in [0.1, 0.15) is 24.8 Å². The first-order chi connectivity index (χ1) is 9.20. The Bertz CT molecular complexity index is 408. The summed E-state index contributed by atoms with van der Waals surface area (Å²) in [6.45, 7) is -0.0530. The van der Waals surface area contributed by atoms with Crippen molar-refractivity contribution in [2.75, 3.05) is 6.61 Å². The molecule has 4 nitrogen and oxygen atoms in total. The molecule has 1 aliphatic carbocycles. The number of hydrogen-bond acceptors (Lipinski definition) is 3. The first kappa shape index (κ1) is 14.0. The van der Waals surface area contributed by atoms with Crippen molar-refractivity contribution in [2.45, 2.75) is 37.8 Å². The largest absolute Gasteiger partial charge is 0.394 e. The summed E-state index contributed by atoms with van der Waals surface area (Å²) < 4.78 is 0. The highest BCUT2D eigenvalue weighted by molar-refractivity contribution is 5.80. The number of carbonyl (C=O) groups excluding carboxylic acids is 1. The van der Waals surface area contributed by atoms with Crippen LogP contribution in [0.5, 0.6) is 0 Å². The first-order valence-corrected chi connectivity index (χ1v) is 6.91. The minimum absolute atomic E-state index is 0.0139. The molecule has 0 aliphatic heterocycles. The average molecular weight is 262 g/mol. The molecular formula is C15H22N2O2. The maximum atomic E-state index is 12.1. The second-order valence-electron chi connectivity index (χ2n) is 5.28. The van der Waals surface area contributed by atoms with Gasteiger partial charge in [-0.15, -0.1) is 0 Å². The minimum atomic E-state index is -0.234. The Labute approximate surface area is 114 Å². The average Bonchev–Trinajstić information content (AvgIpc) is 2.85. The molecule has 1 saturated carbocycles. The molecule has 0 aromatic heterocycles. The van der Waals surface area contributed by atoms with Crippen molar-refractivity contribution in [3.63, 3.8) is 0 Å². The Kier molecular flexibility index (Phi) is 4.93. The van der Waals surface area contributed by atoms with E-state index in [4.69, 9.17) is 5.73 Å². The van der Waals surface area contributed by atoms with Gasteiger partial charge in [0, 0.05) is 6.04 Å². The number of aliphatic hydroxyl groups is 1. The molecule has 1 aromatic carbocycles. The molecule has 19 heavy (non-hydrogen) atoms. The molecule has 2 unspecified atom stereocenters. The van der Waals surface area contributed by atoms with Crippen molar-refractivity contribution in [1.82, 2.24) is 5.32 Å². The molecule has 0 saturated heterocycles. The van der Waals surface area contributed by atoms with Crippen molar-refractivity contribution in [2.24, 2.45) is 11.7 Å². The molecule has 104 valence electrons. The Morgan fingerprint density at radius 1 is 1.37 bits per heavy atom. The number of hydrogen-bond donors (Lipinski definition) is 3. The lowest BCUT2D eigenvalue weighted by atomic mass is 10.0. The van der Waals surface area contributed by atoms with Gasteiger partial charge in [-0.2, -0.15) is 0 Å². The van der Waals surface area contributed by atoms with Crippen molar-refractivity contribution in [3.8, 4) is 0 Å². The van der Waals surface area contributed by atoms with Gasteiger partial charge in [-0.1, -0.05) is 36.8 Å². The van der Waals surface area contributed by atoms with E-state index >= 15 is 0 Å². The summed E-state index contributed by atoms with van der Waals surface area (Å²) in [4.78, 5) is 12.1. The summed E-state index contributed by atoms with van der Waals surface area (Å²) in [5.41, 5.74) is 7.04. The van der Waals surface area contributed by atoms with Crippen molar-refractivity contribution in [3.05, 3.63) is 35.9 Å². The maximum absolute atomic E-state index is 12.1. The van der Waals surface area contributed by atoms with Gasteiger partial charge in [0.15, 0.2) is 0 Å². The Hall–Kier alpha value is -1.39. The van der Waals surface area contributed by atoms with E-state index in [1.807, 2.05) is 30.3 Å². The Balaban J connectivity index is 1.90. The summed E-state index contributed by atoms with van der Waals surface area (Å²) in [5.74, 6) is -0.107. The van der Waals surface area contributed by atoms with E-state index in [0.29, 0.717) is 6.42 Å². The van der Waals surface area contributed by atoms with Crippen LogP contribution in [0.25, 0.3) is 0 Å². The number of rotatable bonds is 5. The Morgan fingerprint density at radius 3 is 2.68 bits per heavy atom. The van der Waals surface area contributed by atoms with Gasteiger partial charge in [0.05, 0.1) is 18.6 Å². The van der Waals surface area contributed by atoms with E-state index in [-0.39, 0.29) is 30.5 Å². The molecule has 0 spiro atoms. The van der Waals surface area contributed by atoms with Gasteiger partial charge in [0.25, 0.3) is 0 Å². The molecule has 3 atom stereocenters. The maximum Gasteiger partial charge on any atom is 0.224 e. The van der Waals surface area contributed by atoms with E-state index < -0.39 is 0 Å². The molecule has 4 N–H and O–H groups in total. The predicted octanol–water partition coefficient (Wildman–Crippen LogP) is 0.834. The standard InChI is InChI=1S/C15H22N2O2/c16-14-8-4-7-13(14)15(19)17-12(10-18)9-11-5-2-1-3-6-11/h1-3,5-6,12-14,18H,4,7-10,16H2,(H,17,19)/t12-,13?,14?/m0/s1. The van der Waals surface area contributed by atoms with Gasteiger partial charge in [0.1, 0.15) is 0 Å². The molecular weight excluding hydrogens is 240 g/mol. The highest BCUT2D eigenvalue weighted by Gasteiger charge is 2.31. The number of benzene rings is 1. The first-order valence-electron chi connectivity index (χ1n) is 6.91. The zero-order valence-electron chi connectivity index (χ0n) is 11.1. The lowest BCUT2D eigenvalue weighted by molar-refractivity contribution is -0.126. The third-order valence-corrected chi connectivity index (χ3v) is 3.80. The smallest absolute Gasteiger partial charge is 0.224 e. The van der Waals surface area contributed by atoms with Gasteiger partial charge in [-0.3, -0.25) is 4.79 Å². The number of aliphatic hydroxyl groups excluding tert-OH is 1. The molecule has 2 rings (SSSR count). The lowest BCUT2D eigenvalue weighted by Gasteiger charge is -2.21. The topological polar surface area (TPSA) is 75.4 Å². The van der Waals surface area contributed by atoms with E-state index in [9.17, 15) is 9.90 Å². The number of nitrogens with two attached hydrogens (primary N) is 1. The van der Waals surface area contributed by atoms with Gasteiger partial charge in [-0.05, 0) is 24.8 Å². The van der Waals surface area contributed by atoms with Crippen LogP contribution in [0.2, 0.25) is 0 Å². The molecule has 0 radical (unpaired) electrons. The SMILES string of the molecule is NC1CCCC1C(=O)N[C@H](CO)Cc1ccccc1. The van der Waals surface area contributed by atoms with Gasteiger partial charge in [-0.25, -0.2) is 0 Å². The second kappa shape index (κ2) is 6.68. The van der Waals surface area contributed by atoms with E-state index in [1.54, 1.807) is 0 Å². The molecule has 1 aliphatic rings. The fourth-order valence-corrected chi connectivity index (χ4v) is 2.68. The highest BCUT2D eigenvalue weighted by Crippen LogP contribution is 2.24. The van der Waals surface area contributed by atoms with Crippen LogP contribution in [0.4, 0.5) is 0 Å². The zero-order valence-corrected chi connectivity index (χ0v) is 11.1. The summed E-state index contributed by atoms with van der Waals surface area (Å²) in [5, 5.41) is 12.3. The van der Waals surface area contributed by atoms with Crippen LogP contribution in [0.3, 0.4) is 0 Å². The number of nitrogens with one attached hydrogen (secondary N) is 1. The third kappa shape index (κ3) is 3.78. The summed E-state index contributed by atoms with van der Waals surface area (Å²) in [6.07, 6.45) is 3.43.